The number of carbonyl (C=O) groups excluding carboxylic acids is 1. The van der Waals surface area contributed by atoms with Gasteiger partial charge in [-0.25, -0.2) is 18.7 Å². The number of amides is 1. The first kappa shape index (κ1) is 24.3. The lowest BCUT2D eigenvalue weighted by atomic mass is 9.85. The highest BCUT2D eigenvalue weighted by atomic mass is 32.1. The summed E-state index contributed by atoms with van der Waals surface area (Å²) in [7, 11) is 4.09. The Balaban J connectivity index is 1.25. The van der Waals surface area contributed by atoms with Crippen LogP contribution >= 0.6 is 11.3 Å². The number of anilines is 1. The number of alkyl halides is 2. The molecular weight excluding hydrogens is 496 g/mol. The van der Waals surface area contributed by atoms with E-state index in [0.717, 1.165) is 46.7 Å². The quantitative estimate of drug-likeness (QED) is 0.613. The summed E-state index contributed by atoms with van der Waals surface area (Å²) in [6, 6.07) is 2.25. The highest BCUT2D eigenvalue weighted by Crippen LogP contribution is 2.46. The van der Waals surface area contributed by atoms with Crippen molar-refractivity contribution in [2.45, 2.75) is 56.7 Å². The molecule has 196 valence electrons. The Hall–Kier alpha value is -3.05. The maximum absolute atomic E-state index is 13.9. The topological polar surface area (TPSA) is 76.6 Å². The second kappa shape index (κ2) is 8.76. The molecule has 0 aromatic carbocycles. The van der Waals surface area contributed by atoms with Gasteiger partial charge < -0.3 is 25.3 Å². The van der Waals surface area contributed by atoms with E-state index >= 15 is 0 Å². The highest BCUT2D eigenvalue weighted by molar-refractivity contribution is 7.20. The van der Waals surface area contributed by atoms with Crippen LogP contribution in [-0.2, 0) is 0 Å². The number of fused-ring (bicyclic) bond motifs is 3. The first-order chi connectivity index (χ1) is 17.6. The molecule has 5 heterocycles. The molecule has 1 spiro atoms. The second-order valence-electron chi connectivity index (χ2n) is 10.7. The molecule has 2 aromatic rings. The summed E-state index contributed by atoms with van der Waals surface area (Å²) in [5.41, 5.74) is 2.29. The summed E-state index contributed by atoms with van der Waals surface area (Å²) in [5.74, 6) is -1.96. The van der Waals surface area contributed by atoms with E-state index in [4.69, 9.17) is 0 Å². The maximum atomic E-state index is 13.9. The molecule has 0 unspecified atom stereocenters. The number of thiophene rings is 1. The van der Waals surface area contributed by atoms with Gasteiger partial charge in [-0.3, -0.25) is 4.79 Å². The van der Waals surface area contributed by atoms with E-state index in [1.54, 1.807) is 0 Å². The number of nitrogens with one attached hydrogen (secondary N) is 2. The third kappa shape index (κ3) is 4.27. The van der Waals surface area contributed by atoms with Crippen LogP contribution in [0.4, 0.5) is 14.6 Å². The molecule has 2 fully saturated rings. The summed E-state index contributed by atoms with van der Waals surface area (Å²) in [6.07, 6.45) is 8.84. The van der Waals surface area contributed by atoms with Crippen LogP contribution in [0.15, 0.2) is 47.8 Å². The maximum Gasteiger partial charge on any atom is 0.264 e. The van der Waals surface area contributed by atoms with Gasteiger partial charge in [-0.1, -0.05) is 0 Å². The van der Waals surface area contributed by atoms with Gasteiger partial charge in [0.2, 0.25) is 5.92 Å². The van der Waals surface area contributed by atoms with Gasteiger partial charge >= 0.3 is 0 Å². The molecule has 1 amide bonds. The van der Waals surface area contributed by atoms with Gasteiger partial charge in [0.1, 0.15) is 22.6 Å². The van der Waals surface area contributed by atoms with Crippen molar-refractivity contribution in [3.8, 4) is 0 Å². The molecule has 1 aliphatic carbocycles. The molecule has 6 rings (SSSR count). The highest BCUT2D eigenvalue weighted by Gasteiger charge is 2.49. The van der Waals surface area contributed by atoms with E-state index in [-0.39, 0.29) is 18.7 Å². The Kier molecular flexibility index (Phi) is 5.76. The van der Waals surface area contributed by atoms with Gasteiger partial charge in [-0.2, -0.15) is 0 Å². The van der Waals surface area contributed by atoms with Crippen LogP contribution in [0.25, 0.3) is 10.2 Å². The molecule has 37 heavy (non-hydrogen) atoms. The van der Waals surface area contributed by atoms with Crippen molar-refractivity contribution in [1.29, 1.82) is 0 Å². The number of aromatic nitrogens is 2. The molecular formula is C26H31F2N7OS. The second-order valence-corrected chi connectivity index (χ2v) is 11.7. The summed E-state index contributed by atoms with van der Waals surface area (Å²) >= 11 is 1.38. The summed E-state index contributed by atoms with van der Waals surface area (Å²) in [5, 5.41) is 7.60. The van der Waals surface area contributed by atoms with Crippen molar-refractivity contribution in [3.05, 3.63) is 52.7 Å². The van der Waals surface area contributed by atoms with Crippen LogP contribution in [0.1, 0.15) is 48.7 Å². The van der Waals surface area contributed by atoms with E-state index in [2.05, 4.69) is 30.4 Å². The van der Waals surface area contributed by atoms with E-state index in [9.17, 15) is 13.6 Å². The van der Waals surface area contributed by atoms with Gasteiger partial charge in [0, 0.05) is 44.4 Å². The predicted octanol–water partition coefficient (Wildman–Crippen LogP) is 4.33. The molecule has 0 radical (unpaired) electrons. The van der Waals surface area contributed by atoms with Crippen LogP contribution in [0.2, 0.25) is 0 Å². The Morgan fingerprint density at radius 3 is 2.76 bits per heavy atom. The number of likely N-dealkylation sites (tertiary alicyclic amines) is 1. The van der Waals surface area contributed by atoms with E-state index in [0.29, 0.717) is 29.6 Å². The molecule has 4 aliphatic rings. The van der Waals surface area contributed by atoms with Gasteiger partial charge in [-0.15, -0.1) is 11.3 Å². The van der Waals surface area contributed by atoms with E-state index < -0.39 is 11.6 Å². The third-order valence-electron chi connectivity index (χ3n) is 8.03. The molecule has 2 aromatic heterocycles. The smallest absolute Gasteiger partial charge is 0.264 e. The Morgan fingerprint density at radius 2 is 2.03 bits per heavy atom. The first-order valence-corrected chi connectivity index (χ1v) is 13.5. The number of nitrogens with zero attached hydrogens (tertiary/aromatic N) is 5. The van der Waals surface area contributed by atoms with Crippen LogP contribution < -0.4 is 10.6 Å². The SMILES string of the molecule is CC1=CC(Nc2ncnc3sc(C(=O)N4CC[C@@H](N(C)C)C4)cc23)=CN2C1=CNC21CCC(F)(F)CC1. The number of allylic oxidation sites excluding steroid dienone is 2. The standard InChI is InChI=1S/C26H31F2N7OS/c1-16-10-17(13-35-20(16)12-31-26(35)7-5-25(27,28)6-8-26)32-22-19-11-21(37-23(19)30-15-29-22)24(36)34-9-4-18(14-34)33(2)3/h10-13,15,18,31H,4-9,14H2,1-3H3,(H,29,30,32)/t18-/m1/s1. The number of hydrogen-bond acceptors (Lipinski definition) is 8. The van der Waals surface area contributed by atoms with E-state index in [1.165, 1.54) is 17.7 Å². The van der Waals surface area contributed by atoms with Crippen molar-refractivity contribution in [2.24, 2.45) is 0 Å². The fourth-order valence-corrected chi connectivity index (χ4v) is 6.70. The lowest BCUT2D eigenvalue weighted by Gasteiger charge is -2.45. The lowest BCUT2D eigenvalue weighted by Crippen LogP contribution is -2.54. The molecule has 1 saturated carbocycles. The molecule has 8 nitrogen and oxygen atoms in total. The number of rotatable bonds is 4. The summed E-state index contributed by atoms with van der Waals surface area (Å²) in [6.45, 7) is 3.48. The van der Waals surface area contributed by atoms with Crippen molar-refractivity contribution in [1.82, 2.24) is 30.0 Å². The number of hydrogen-bond donors (Lipinski definition) is 2. The zero-order valence-corrected chi connectivity index (χ0v) is 22.0. The van der Waals surface area contributed by atoms with Gasteiger partial charge in [0.25, 0.3) is 5.91 Å². The van der Waals surface area contributed by atoms with Crippen molar-refractivity contribution < 1.29 is 13.6 Å². The van der Waals surface area contributed by atoms with Crippen LogP contribution in [0, 0.1) is 0 Å². The first-order valence-electron chi connectivity index (χ1n) is 12.7. The molecule has 2 N–H and O–H groups in total. The zero-order chi connectivity index (χ0) is 25.9. The monoisotopic (exact) mass is 527 g/mol. The third-order valence-corrected chi connectivity index (χ3v) is 9.07. The Labute approximate surface area is 218 Å². The van der Waals surface area contributed by atoms with E-state index in [1.807, 2.05) is 50.5 Å². The minimum atomic E-state index is -2.61. The summed E-state index contributed by atoms with van der Waals surface area (Å²) in [4.78, 5) is 29.7. The van der Waals surface area contributed by atoms with Crippen LogP contribution in [0.3, 0.4) is 0 Å². The Morgan fingerprint density at radius 1 is 1.24 bits per heavy atom. The zero-order valence-electron chi connectivity index (χ0n) is 21.2. The van der Waals surface area contributed by atoms with Crippen LogP contribution in [-0.4, -0.2) is 75.4 Å². The van der Waals surface area contributed by atoms with Crippen molar-refractivity contribution >= 4 is 33.3 Å². The molecule has 3 aliphatic heterocycles. The molecule has 11 heteroatoms. The van der Waals surface area contributed by atoms with Gasteiger partial charge in [0.15, 0.2) is 0 Å². The number of carbonyl (C=O) groups is 1. The summed E-state index contributed by atoms with van der Waals surface area (Å²) < 4.78 is 27.8. The normalized spacial score (nSPS) is 24.2. The number of halogens is 2. The van der Waals surface area contributed by atoms with Crippen molar-refractivity contribution in [2.75, 3.05) is 32.5 Å². The fraction of sp³-hybridized carbons (Fsp3) is 0.500. The molecule has 1 atom stereocenters. The average molecular weight is 528 g/mol. The molecule has 0 bridgehead atoms. The van der Waals surface area contributed by atoms with Gasteiger partial charge in [-0.05, 0) is 58.0 Å². The van der Waals surface area contributed by atoms with Gasteiger partial charge in [0.05, 0.1) is 21.7 Å². The minimum absolute atomic E-state index is 0.0277. The lowest BCUT2D eigenvalue weighted by molar-refractivity contribution is -0.0706. The number of likely N-dealkylation sites (N-methyl/N-ethyl adjacent to an activating group) is 1. The minimum Gasteiger partial charge on any atom is -0.367 e. The molecule has 1 saturated heterocycles. The predicted molar refractivity (Wildman–Crippen MR) is 140 cm³/mol. The largest absolute Gasteiger partial charge is 0.367 e. The Bertz CT molecular complexity index is 1340. The average Bonchev–Trinajstić information content (AvgIpc) is 3.59. The van der Waals surface area contributed by atoms with Crippen LogP contribution in [0.5, 0.6) is 0 Å². The fourth-order valence-electron chi connectivity index (χ4n) is 5.74. The van der Waals surface area contributed by atoms with Crippen molar-refractivity contribution in [3.63, 3.8) is 0 Å².